The van der Waals surface area contributed by atoms with Crippen molar-refractivity contribution in [2.24, 2.45) is 0 Å². The quantitative estimate of drug-likeness (QED) is 0.0433. The van der Waals surface area contributed by atoms with E-state index in [-0.39, 0.29) is 108 Å². The summed E-state index contributed by atoms with van der Waals surface area (Å²) in [5.41, 5.74) is 15.1. The number of methoxy groups -OCH3 is 3. The number of rotatable bonds is 17. The summed E-state index contributed by atoms with van der Waals surface area (Å²) >= 11 is 0. The van der Waals surface area contributed by atoms with Crippen LogP contribution in [-0.4, -0.2) is 135 Å². The monoisotopic (exact) mass is 1420 g/mol. The van der Waals surface area contributed by atoms with Gasteiger partial charge in [-0.1, -0.05) is 140 Å². The largest absolute Gasteiger partial charge is 1.00 e. The van der Waals surface area contributed by atoms with E-state index in [0.717, 1.165) is 55.7 Å². The number of H-pyrrole nitrogens is 1. The molecule has 0 bridgehead atoms. The molecule has 0 spiro atoms. The van der Waals surface area contributed by atoms with E-state index >= 15 is 0 Å². The Morgan fingerprint density at radius 1 is 0.451 bits per heavy atom. The van der Waals surface area contributed by atoms with E-state index < -0.39 is 0 Å². The van der Waals surface area contributed by atoms with Gasteiger partial charge in [-0.15, -0.1) is 25.6 Å². The van der Waals surface area contributed by atoms with E-state index in [1.54, 1.807) is 37.4 Å². The molecule has 0 radical (unpaired) electrons. The molecule has 0 saturated heterocycles. The molecule has 12 rings (SSSR count). The van der Waals surface area contributed by atoms with Gasteiger partial charge in [0.15, 0.2) is 28.4 Å². The number of hydrogen-bond acceptors (Lipinski definition) is 19. The van der Waals surface area contributed by atoms with Gasteiger partial charge in [-0.2, -0.15) is 35.3 Å². The molecule has 0 saturated carbocycles. The minimum atomic E-state index is -0.232. The van der Waals surface area contributed by atoms with Crippen molar-refractivity contribution in [1.82, 2.24) is 79.0 Å². The zero-order valence-corrected chi connectivity index (χ0v) is 65.1. The number of aromatic nitrogens is 16. The molecule has 6 atom stereocenters. The number of aromatic amines is 1. The van der Waals surface area contributed by atoms with Crippen molar-refractivity contribution in [3.63, 3.8) is 0 Å². The average Bonchev–Trinajstić information content (AvgIpc) is 1.63. The van der Waals surface area contributed by atoms with E-state index in [4.69, 9.17) is 24.4 Å². The molecule has 12 aromatic rings. The third-order valence-corrected chi connectivity index (χ3v) is 17.1. The third kappa shape index (κ3) is 18.1. The number of Topliss-reactive ketones (excluding diaryl/α,β-unsaturated/α-hetero) is 1. The summed E-state index contributed by atoms with van der Waals surface area (Å²) in [6, 6.07) is 33.2. The second-order valence-corrected chi connectivity index (χ2v) is 24.9. The molecule has 0 aliphatic heterocycles. The number of carbonyl (C=O) groups excluding carboxylic acids is 1. The SMILES string of the molecule is C=C.C=C(C)c1nn([C@@H](C)c2ccc(C)cc2)c2nc(C)nc(OC)c12.COc1nc(C)nc2c1c(C(C)=O)nn2[C@@H](C)c1ccc(C)cc1.COc1nc(C)nc2c1c(C(C)CO)nn2[C@@H](C)c1ccc(C)cc1.Cc1ccc([C@H](C)n2nc(C(C)CO)c3c(=O)[nH]c(C)nc32)cc1.Cl.[Na+].[OH-]. The average molecular weight is 1420 g/mol. The molecule has 4 aromatic carbocycles. The van der Waals surface area contributed by atoms with E-state index in [2.05, 4.69) is 195 Å². The van der Waals surface area contributed by atoms with Crippen LogP contribution >= 0.6 is 12.4 Å². The summed E-state index contributed by atoms with van der Waals surface area (Å²) in [6.45, 7) is 40.9. The first kappa shape index (κ1) is 83.3. The van der Waals surface area contributed by atoms with Gasteiger partial charge in [0.25, 0.3) is 5.56 Å². The Morgan fingerprint density at radius 2 is 0.725 bits per heavy atom. The predicted octanol–water partition coefficient (Wildman–Crippen LogP) is 11.0. The minimum absolute atomic E-state index is 0. The molecule has 0 aliphatic carbocycles. The van der Waals surface area contributed by atoms with Crippen LogP contribution in [0.15, 0.2) is 122 Å². The molecule has 0 amide bonds. The summed E-state index contributed by atoms with van der Waals surface area (Å²) in [6.07, 6.45) is 0. The number of ether oxygens (including phenoxy) is 3. The Morgan fingerprint density at radius 3 is 1.03 bits per heavy atom. The fourth-order valence-corrected chi connectivity index (χ4v) is 11.4. The van der Waals surface area contributed by atoms with Crippen LogP contribution in [0, 0.1) is 55.4 Å². The smallest absolute Gasteiger partial charge is 0.870 e. The number of hydrogen-bond donors (Lipinski definition) is 3. The molecule has 0 aliphatic rings. The maximum absolute atomic E-state index is 12.4. The van der Waals surface area contributed by atoms with Crippen LogP contribution in [0.3, 0.4) is 0 Å². The number of nitrogens with one attached hydrogen (secondary N) is 1. The van der Waals surface area contributed by atoms with Gasteiger partial charge in [-0.05, 0) is 118 Å². The predicted molar refractivity (Wildman–Crippen MR) is 399 cm³/mol. The van der Waals surface area contributed by atoms with Crippen LogP contribution in [0.25, 0.3) is 49.7 Å². The van der Waals surface area contributed by atoms with Crippen molar-refractivity contribution in [1.29, 1.82) is 0 Å². The molecule has 0 fully saturated rings. The summed E-state index contributed by atoms with van der Waals surface area (Å²) in [4.78, 5) is 58.5. The molecule has 2 unspecified atom stereocenters. The van der Waals surface area contributed by atoms with Gasteiger partial charge in [0.05, 0.1) is 70.1 Å². The first-order valence-corrected chi connectivity index (χ1v) is 32.8. The Balaban J connectivity index is 0.000000240. The molecular formula is C76H94ClN16NaO8. The zero-order chi connectivity index (χ0) is 72.4. The zero-order valence-electron chi connectivity index (χ0n) is 62.2. The molecule has 8 aromatic heterocycles. The van der Waals surface area contributed by atoms with Crippen molar-refractivity contribution in [2.75, 3.05) is 34.5 Å². The summed E-state index contributed by atoms with van der Waals surface area (Å²) in [7, 11) is 4.74. The van der Waals surface area contributed by atoms with Gasteiger partial charge in [-0.3, -0.25) is 9.59 Å². The van der Waals surface area contributed by atoms with E-state index in [9.17, 15) is 19.8 Å². The van der Waals surface area contributed by atoms with Gasteiger partial charge in [0.1, 0.15) is 56.2 Å². The van der Waals surface area contributed by atoms with Gasteiger partial charge in [-0.25, -0.2) is 38.7 Å². The van der Waals surface area contributed by atoms with Crippen molar-refractivity contribution in [3.05, 3.63) is 218 Å². The molecular weight excluding hydrogens is 1320 g/mol. The standard InChI is InChI=1S/C19H24N4O2.C19H22N4O.C18H20N4O2.C18H22N4O2.C2H4.ClH.Na.H2O/c1-11-6-8-15(9-7-11)13(3)23-18-16(17(22-23)12(2)10-24)19(25-5)21-14(4)20-18;1-11(2)17-16-18(20-14(5)21-19(16)24-6)23(22-17)13(4)15-9-7-12(3)8-10-15;1-10-6-8-14(9-7-10)11(2)22-17-15(16(21-22)12(3)23)18(24-5)20-13(4)19-17;1-10-5-7-14(8-6-10)12(3)22-17-15(16(21-22)11(2)9-23)18(24)20-13(4)19-17;1-2;;;/h6-9,12-13,24H,10H2,1-5H3;7-10,13H,1H2,2-6H3;6-9,11H,1-5H3;5-8,11-12,23H,9H2,1-4H3,(H,19,20,24);1-2H2;1H;;1H2/q;;;;;;+1;/p-1/t12?,13-;13-;11-;11?,12-;;;;/m0000..../s1. The summed E-state index contributed by atoms with van der Waals surface area (Å²) in [5, 5.41) is 40.5. The Labute approximate surface area is 623 Å². The maximum Gasteiger partial charge on any atom is 1.00 e. The number of nitrogens with zero attached hydrogens (tertiary/aromatic N) is 15. The second kappa shape index (κ2) is 36.5. The molecule has 4 N–H and O–H groups in total. The van der Waals surface area contributed by atoms with Crippen LogP contribution in [0.1, 0.15) is 187 Å². The molecule has 102 heavy (non-hydrogen) atoms. The van der Waals surface area contributed by atoms with Crippen LogP contribution in [0.5, 0.6) is 17.6 Å². The van der Waals surface area contributed by atoms with Gasteiger partial charge >= 0.3 is 29.6 Å². The van der Waals surface area contributed by atoms with Crippen LogP contribution in [0.4, 0.5) is 0 Å². The fourth-order valence-electron chi connectivity index (χ4n) is 11.4. The Hall–Kier alpha value is -9.40. The number of aliphatic hydroxyl groups is 2. The maximum atomic E-state index is 12.4. The first-order chi connectivity index (χ1) is 47.2. The number of halogens is 1. The van der Waals surface area contributed by atoms with Crippen molar-refractivity contribution in [3.8, 4) is 17.6 Å². The summed E-state index contributed by atoms with van der Waals surface area (Å²) < 4.78 is 23.7. The van der Waals surface area contributed by atoms with Crippen LogP contribution < -0.4 is 49.3 Å². The van der Waals surface area contributed by atoms with Crippen LogP contribution in [-0.2, 0) is 0 Å². The number of carbonyl (C=O) groups is 1. The molecule has 26 heteroatoms. The number of benzene rings is 4. The van der Waals surface area contributed by atoms with E-state index in [1.807, 2.05) is 71.7 Å². The molecule has 8 heterocycles. The van der Waals surface area contributed by atoms with Gasteiger partial charge in [0.2, 0.25) is 17.6 Å². The third-order valence-electron chi connectivity index (χ3n) is 17.1. The van der Waals surface area contributed by atoms with Crippen molar-refractivity contribution in [2.45, 2.75) is 147 Å². The van der Waals surface area contributed by atoms with E-state index in [1.165, 1.54) is 41.9 Å². The van der Waals surface area contributed by atoms with Gasteiger partial charge in [0, 0.05) is 18.8 Å². The Kier molecular flexibility index (Phi) is 29.8. The van der Waals surface area contributed by atoms with Crippen molar-refractivity contribution < 1.29 is 64.3 Å². The second-order valence-electron chi connectivity index (χ2n) is 24.9. The molecule has 534 valence electrons. The normalized spacial score (nSPS) is 12.6. The van der Waals surface area contributed by atoms with E-state index in [0.29, 0.717) is 74.4 Å². The number of allylic oxidation sites excluding steroid dienone is 1. The number of aliphatic hydroxyl groups excluding tert-OH is 2. The minimum Gasteiger partial charge on any atom is -0.870 e. The number of ketones is 1. The molecule has 24 nitrogen and oxygen atoms in total. The van der Waals surface area contributed by atoms with Gasteiger partial charge < -0.3 is 34.9 Å². The topological polar surface area (TPSA) is 310 Å². The Bertz CT molecular complexity index is 4740. The van der Waals surface area contributed by atoms with Crippen molar-refractivity contribution >= 4 is 67.9 Å². The number of aryl methyl sites for hydroxylation is 8. The summed E-state index contributed by atoms with van der Waals surface area (Å²) in [5.74, 6) is 3.33. The van der Waals surface area contributed by atoms with Crippen LogP contribution in [0.2, 0.25) is 0 Å². The fraction of sp³-hybridized carbons (Fsp3) is 0.355. The number of fused-ring (bicyclic) bond motifs is 4. The first-order valence-electron chi connectivity index (χ1n) is 32.8.